The van der Waals surface area contributed by atoms with E-state index < -0.39 is 26.7 Å². The molecule has 0 bridgehead atoms. The van der Waals surface area contributed by atoms with Gasteiger partial charge in [0.2, 0.25) is 39.6 Å². The van der Waals surface area contributed by atoms with Gasteiger partial charge in [-0.1, -0.05) is 19.4 Å². The van der Waals surface area contributed by atoms with Crippen LogP contribution in [0.5, 0.6) is 0 Å². The average Bonchev–Trinajstić information content (AvgIpc) is 3.86. The number of nitrogens with zero attached hydrogens (tertiary/aromatic N) is 5. The number of imide groups is 1. The molecule has 57 heavy (non-hydrogen) atoms. The maximum Gasteiger partial charge on any atom is 0.249 e. The van der Waals surface area contributed by atoms with E-state index in [1.54, 1.807) is 9.21 Å². The van der Waals surface area contributed by atoms with Crippen LogP contribution in [0.25, 0.3) is 0 Å². The van der Waals surface area contributed by atoms with Gasteiger partial charge in [0.05, 0.1) is 22.0 Å². The summed E-state index contributed by atoms with van der Waals surface area (Å²) in [6.45, 7) is 3.82. The minimum absolute atomic E-state index is 0.00196. The normalized spacial score (nSPS) is 26.4. The fraction of sp³-hybridized carbons (Fsp3) is 0.659. The molecule has 16 heteroatoms. The van der Waals surface area contributed by atoms with Gasteiger partial charge in [0.15, 0.2) is 0 Å². The Balaban J connectivity index is 0.794. The Morgan fingerprint density at radius 1 is 0.965 bits per heavy atom. The number of likely N-dealkylation sites (tertiary alicyclic amines) is 1. The number of hydrogen-bond acceptors (Lipinski definition) is 11. The summed E-state index contributed by atoms with van der Waals surface area (Å²) in [4.78, 5) is 63.9. The molecular weight excluding hydrogens is 747 g/mol. The number of benzene rings is 1. The van der Waals surface area contributed by atoms with Crippen molar-refractivity contribution >= 4 is 56.8 Å². The number of hydrogen-bond donors (Lipinski definition) is 4. The van der Waals surface area contributed by atoms with Crippen molar-refractivity contribution in [3.63, 3.8) is 0 Å². The Labute approximate surface area is 335 Å². The van der Waals surface area contributed by atoms with E-state index >= 15 is 0 Å². The fourth-order valence-corrected chi connectivity index (χ4v) is 11.7. The minimum Gasteiger partial charge on any atom is -0.386 e. The lowest BCUT2D eigenvalue weighted by Gasteiger charge is -2.38. The molecule has 5 fully saturated rings. The zero-order valence-corrected chi connectivity index (χ0v) is 34.0. The summed E-state index contributed by atoms with van der Waals surface area (Å²) in [5.41, 5.74) is 3.28. The molecule has 8 rings (SSSR count). The Morgan fingerprint density at radius 3 is 2.49 bits per heavy atom. The summed E-state index contributed by atoms with van der Waals surface area (Å²) in [6.07, 6.45) is 12.7. The second kappa shape index (κ2) is 16.1. The number of piperidine rings is 3. The van der Waals surface area contributed by atoms with Crippen LogP contribution in [0.15, 0.2) is 24.4 Å². The van der Waals surface area contributed by atoms with E-state index in [4.69, 9.17) is 4.98 Å². The molecule has 1 aromatic heterocycles. The van der Waals surface area contributed by atoms with E-state index in [1.807, 2.05) is 36.3 Å². The van der Waals surface area contributed by atoms with Gasteiger partial charge in [0.1, 0.15) is 11.9 Å². The summed E-state index contributed by atoms with van der Waals surface area (Å²) >= 11 is 0. The van der Waals surface area contributed by atoms with Gasteiger partial charge in [-0.25, -0.2) is 17.7 Å². The molecule has 2 aliphatic carbocycles. The zero-order chi connectivity index (χ0) is 39.9. The number of amides is 4. The van der Waals surface area contributed by atoms with E-state index in [1.165, 1.54) is 0 Å². The van der Waals surface area contributed by atoms with Crippen LogP contribution in [0.3, 0.4) is 0 Å². The third-order valence-corrected chi connectivity index (χ3v) is 15.7. The van der Waals surface area contributed by atoms with Crippen molar-refractivity contribution < 1.29 is 27.6 Å². The Kier molecular flexibility index (Phi) is 11.2. The van der Waals surface area contributed by atoms with Crippen LogP contribution >= 0.6 is 0 Å². The van der Waals surface area contributed by atoms with Gasteiger partial charge in [-0.05, 0) is 101 Å². The average molecular weight is 804 g/mol. The topological polar surface area (TPSA) is 186 Å². The number of fused-ring (bicyclic) bond motifs is 2. The van der Waals surface area contributed by atoms with Crippen molar-refractivity contribution in [2.24, 2.45) is 5.92 Å². The lowest BCUT2D eigenvalue weighted by molar-refractivity contribution is -0.134. The largest absolute Gasteiger partial charge is 0.386 e. The van der Waals surface area contributed by atoms with Crippen molar-refractivity contribution in [2.75, 3.05) is 54.1 Å². The number of unbranched alkanes of at least 4 members (excludes halogenated alkanes) is 1. The van der Waals surface area contributed by atoms with Gasteiger partial charge >= 0.3 is 0 Å². The molecule has 308 valence electrons. The highest BCUT2D eigenvalue weighted by Gasteiger charge is 2.62. The van der Waals surface area contributed by atoms with Crippen LogP contribution in [-0.2, 0) is 41.0 Å². The molecule has 1 aromatic carbocycles. The van der Waals surface area contributed by atoms with Gasteiger partial charge in [-0.2, -0.15) is 4.98 Å². The molecule has 2 aromatic rings. The summed E-state index contributed by atoms with van der Waals surface area (Å²) in [7, 11) is -1.77. The van der Waals surface area contributed by atoms with Gasteiger partial charge in [-0.15, -0.1) is 0 Å². The first-order valence-electron chi connectivity index (χ1n) is 21.1. The van der Waals surface area contributed by atoms with Crippen molar-refractivity contribution in [1.82, 2.24) is 24.5 Å². The van der Waals surface area contributed by atoms with E-state index in [9.17, 15) is 27.6 Å². The van der Waals surface area contributed by atoms with Crippen LogP contribution in [0.1, 0.15) is 108 Å². The zero-order valence-electron chi connectivity index (χ0n) is 33.2. The Morgan fingerprint density at radius 2 is 1.77 bits per heavy atom. The monoisotopic (exact) mass is 803 g/mol. The highest BCUT2D eigenvalue weighted by molar-refractivity contribution is 7.89. The molecule has 4 aliphatic heterocycles. The number of aryl methyl sites for hydroxylation is 1. The number of carbonyl (C=O) groups is 4. The smallest absolute Gasteiger partial charge is 0.249 e. The number of nitrogens with one attached hydrogen (secondary N) is 4. The molecule has 6 aliphatic rings. The van der Waals surface area contributed by atoms with Crippen LogP contribution in [0.4, 0.5) is 23.1 Å². The highest BCUT2D eigenvalue weighted by Crippen LogP contribution is 2.58. The SMILES string of the molecule is CNc1cc(CCCCC(=O)N2CCCC(S(=O)(=O)N3CCC(Nc4ncc5c(n4)N(C4CCCC4C)C(=O)C54CC4)CC3)C2)ccc1NC1CCC(=O)NC1=O. The first-order valence-corrected chi connectivity index (χ1v) is 22.6. The number of rotatable bonds is 13. The first kappa shape index (κ1) is 39.5. The van der Waals surface area contributed by atoms with Gasteiger partial charge < -0.3 is 20.9 Å². The summed E-state index contributed by atoms with van der Waals surface area (Å²) < 4.78 is 29.4. The second-order valence-corrected chi connectivity index (χ2v) is 19.3. The van der Waals surface area contributed by atoms with E-state index in [0.717, 1.165) is 73.3 Å². The maximum atomic E-state index is 13.9. The number of carbonyl (C=O) groups excluding carboxylic acids is 4. The summed E-state index contributed by atoms with van der Waals surface area (Å²) in [5.74, 6) is 1.33. The lowest BCUT2D eigenvalue weighted by Crippen LogP contribution is -2.52. The highest BCUT2D eigenvalue weighted by atomic mass is 32.2. The van der Waals surface area contributed by atoms with Crippen LogP contribution in [0.2, 0.25) is 0 Å². The molecule has 1 spiro atoms. The molecule has 15 nitrogen and oxygen atoms in total. The minimum atomic E-state index is -3.59. The molecular formula is C41H57N9O6S. The maximum absolute atomic E-state index is 13.9. The number of sulfonamides is 1. The van der Waals surface area contributed by atoms with E-state index in [0.29, 0.717) is 82.9 Å². The second-order valence-electron chi connectivity index (χ2n) is 17.1. The third-order valence-electron chi connectivity index (χ3n) is 13.4. The van der Waals surface area contributed by atoms with E-state index in [2.05, 4.69) is 33.2 Å². The van der Waals surface area contributed by atoms with Gasteiger partial charge in [0, 0.05) is 69.9 Å². The first-order chi connectivity index (χ1) is 27.5. The Hall–Kier alpha value is -4.31. The van der Waals surface area contributed by atoms with Crippen molar-refractivity contribution in [2.45, 2.75) is 132 Å². The summed E-state index contributed by atoms with van der Waals surface area (Å²) in [6, 6.07) is 5.70. The fourth-order valence-electron chi connectivity index (χ4n) is 9.75. The van der Waals surface area contributed by atoms with Crippen LogP contribution in [0, 0.1) is 5.92 Å². The summed E-state index contributed by atoms with van der Waals surface area (Å²) in [5, 5.41) is 11.7. The van der Waals surface area contributed by atoms with Gasteiger partial charge in [0.25, 0.3) is 0 Å². The quantitative estimate of drug-likeness (QED) is 0.170. The third kappa shape index (κ3) is 7.95. The van der Waals surface area contributed by atoms with Crippen molar-refractivity contribution in [1.29, 1.82) is 0 Å². The van der Waals surface area contributed by atoms with Crippen LogP contribution in [-0.4, -0.2) is 108 Å². The molecule has 2 saturated carbocycles. The van der Waals surface area contributed by atoms with Gasteiger partial charge in [-0.3, -0.25) is 29.4 Å². The van der Waals surface area contributed by atoms with Crippen LogP contribution < -0.4 is 26.2 Å². The molecule has 4 unspecified atom stereocenters. The number of aromatic nitrogens is 2. The lowest BCUT2D eigenvalue weighted by atomic mass is 10.0. The molecule has 4 N–H and O–H groups in total. The molecule has 4 atom stereocenters. The van der Waals surface area contributed by atoms with Crippen molar-refractivity contribution in [3.8, 4) is 0 Å². The molecule has 0 radical (unpaired) electrons. The standard InChI is InChI=1S/C41H57N9O6S/c1-26-7-5-10-34(26)50-37-30(41(18-19-41)39(50)54)24-43-40(47-37)44-28-16-21-49(22-17-28)57(55,56)29-9-6-20-48(25-29)36(52)11-4-3-8-27-12-13-31(33(23-27)42-2)45-32-14-15-35(51)46-38(32)53/h12-13,23-24,26,28-29,32,34,42,45H,3-11,14-22,25H2,1-2H3,(H,43,44,47)(H,46,51,53). The number of anilines is 4. The van der Waals surface area contributed by atoms with E-state index in [-0.39, 0.29) is 42.3 Å². The predicted molar refractivity (Wildman–Crippen MR) is 217 cm³/mol. The molecule has 4 amide bonds. The Bertz CT molecular complexity index is 2000. The van der Waals surface area contributed by atoms with Crippen molar-refractivity contribution in [3.05, 3.63) is 35.5 Å². The molecule has 3 saturated heterocycles. The molecule has 5 heterocycles. The predicted octanol–water partition coefficient (Wildman–Crippen LogP) is 3.91.